The third-order valence-electron chi connectivity index (χ3n) is 6.41. The number of carbonyl (C=O) groups excluding carboxylic acids is 3. The second kappa shape index (κ2) is 20.8. The lowest BCUT2D eigenvalue weighted by Gasteiger charge is -2.12. The maximum Gasteiger partial charge on any atom is 0.339 e. The van der Waals surface area contributed by atoms with Crippen molar-refractivity contribution in [1.82, 2.24) is 0 Å². The SMILES string of the molecule is CCCCCCCCCCCCCOC(=O)c1cc(C(=O)[O-])ccc1C(=O)OCCCCCCCC. The lowest BCUT2D eigenvalue weighted by molar-refractivity contribution is -0.255. The fourth-order valence-electron chi connectivity index (χ4n) is 4.15. The van der Waals surface area contributed by atoms with Crippen molar-refractivity contribution in [3.05, 3.63) is 34.9 Å². The van der Waals surface area contributed by atoms with Crippen LogP contribution in [-0.4, -0.2) is 31.1 Å². The number of carboxylic acids is 1. The molecule has 204 valence electrons. The van der Waals surface area contributed by atoms with Crippen LogP contribution in [-0.2, 0) is 9.47 Å². The molecule has 0 aromatic heterocycles. The van der Waals surface area contributed by atoms with E-state index in [-0.39, 0.29) is 29.9 Å². The zero-order valence-corrected chi connectivity index (χ0v) is 22.6. The molecule has 6 nitrogen and oxygen atoms in total. The first-order valence-corrected chi connectivity index (χ1v) is 14.2. The molecule has 6 heteroatoms. The topological polar surface area (TPSA) is 92.7 Å². The van der Waals surface area contributed by atoms with Gasteiger partial charge in [-0.2, -0.15) is 0 Å². The van der Waals surface area contributed by atoms with E-state index in [0.717, 1.165) is 44.6 Å². The Balaban J connectivity index is 2.41. The summed E-state index contributed by atoms with van der Waals surface area (Å²) < 4.78 is 10.7. The van der Waals surface area contributed by atoms with E-state index in [4.69, 9.17) is 9.47 Å². The number of aromatic carboxylic acids is 1. The minimum atomic E-state index is -1.42. The second-order valence-electron chi connectivity index (χ2n) is 9.62. The van der Waals surface area contributed by atoms with Gasteiger partial charge in [0.2, 0.25) is 0 Å². The normalized spacial score (nSPS) is 10.8. The zero-order valence-electron chi connectivity index (χ0n) is 22.6. The van der Waals surface area contributed by atoms with Gasteiger partial charge >= 0.3 is 11.9 Å². The largest absolute Gasteiger partial charge is 0.545 e. The van der Waals surface area contributed by atoms with Gasteiger partial charge in [0, 0.05) is 0 Å². The summed E-state index contributed by atoms with van der Waals surface area (Å²) in [6, 6.07) is 3.68. The summed E-state index contributed by atoms with van der Waals surface area (Å²) in [7, 11) is 0. The van der Waals surface area contributed by atoms with Crippen LogP contribution in [0, 0.1) is 0 Å². The smallest absolute Gasteiger partial charge is 0.339 e. The molecule has 36 heavy (non-hydrogen) atoms. The van der Waals surface area contributed by atoms with Crippen molar-refractivity contribution in [2.24, 2.45) is 0 Å². The molecule has 0 fully saturated rings. The van der Waals surface area contributed by atoms with Crippen LogP contribution in [0.5, 0.6) is 0 Å². The highest BCUT2D eigenvalue weighted by Crippen LogP contribution is 2.17. The number of rotatable bonds is 22. The minimum absolute atomic E-state index is 0.0231. The molecule has 1 rings (SSSR count). The number of hydrogen-bond acceptors (Lipinski definition) is 6. The summed E-state index contributed by atoms with van der Waals surface area (Å²) in [5.41, 5.74) is -0.244. The van der Waals surface area contributed by atoms with Gasteiger partial charge in [-0.25, -0.2) is 9.59 Å². The number of carbonyl (C=O) groups is 3. The van der Waals surface area contributed by atoms with Gasteiger partial charge < -0.3 is 19.4 Å². The Kier molecular flexibility index (Phi) is 18.3. The molecular weight excluding hydrogens is 456 g/mol. The first-order chi connectivity index (χ1) is 17.5. The van der Waals surface area contributed by atoms with Gasteiger partial charge in [-0.3, -0.25) is 0 Å². The molecule has 0 amide bonds. The zero-order chi connectivity index (χ0) is 26.4. The molecule has 0 spiro atoms. The monoisotopic (exact) mass is 503 g/mol. The Morgan fingerprint density at radius 2 is 0.972 bits per heavy atom. The lowest BCUT2D eigenvalue weighted by atomic mass is 10.0. The van der Waals surface area contributed by atoms with Gasteiger partial charge in [-0.15, -0.1) is 0 Å². The predicted molar refractivity (Wildman–Crippen MR) is 141 cm³/mol. The summed E-state index contributed by atoms with van der Waals surface area (Å²) in [4.78, 5) is 36.5. The Morgan fingerprint density at radius 1 is 0.583 bits per heavy atom. The van der Waals surface area contributed by atoms with Crippen LogP contribution in [0.1, 0.15) is 154 Å². The molecular formula is C30H47O6-. The molecule has 0 aliphatic rings. The van der Waals surface area contributed by atoms with E-state index < -0.39 is 17.9 Å². The lowest BCUT2D eigenvalue weighted by Crippen LogP contribution is -2.24. The quantitative estimate of drug-likeness (QED) is 0.124. The molecule has 0 heterocycles. The standard InChI is InChI=1S/C30H48O6/c1-3-5-7-9-11-12-13-14-15-17-19-23-36-30(34)27-24-25(28(31)32)20-21-26(27)29(33)35-22-18-16-10-8-6-4-2/h20-21,24H,3-19,22-23H2,1-2H3,(H,31,32)/p-1. The van der Waals surface area contributed by atoms with Crippen molar-refractivity contribution in [2.75, 3.05) is 13.2 Å². The second-order valence-corrected chi connectivity index (χ2v) is 9.62. The number of hydrogen-bond donors (Lipinski definition) is 0. The van der Waals surface area contributed by atoms with Crippen molar-refractivity contribution < 1.29 is 29.0 Å². The van der Waals surface area contributed by atoms with E-state index in [2.05, 4.69) is 13.8 Å². The highest BCUT2D eigenvalue weighted by Gasteiger charge is 2.20. The molecule has 0 saturated carbocycles. The average Bonchev–Trinajstić information content (AvgIpc) is 2.88. The van der Waals surface area contributed by atoms with Crippen molar-refractivity contribution in [2.45, 2.75) is 123 Å². The Morgan fingerprint density at radius 3 is 1.39 bits per heavy atom. The molecule has 0 N–H and O–H groups in total. The van der Waals surface area contributed by atoms with Crippen molar-refractivity contribution in [3.63, 3.8) is 0 Å². The highest BCUT2D eigenvalue weighted by molar-refractivity contribution is 6.04. The van der Waals surface area contributed by atoms with E-state index in [1.165, 1.54) is 82.8 Å². The van der Waals surface area contributed by atoms with Gasteiger partial charge in [0.25, 0.3) is 0 Å². The minimum Gasteiger partial charge on any atom is -0.545 e. The first-order valence-electron chi connectivity index (χ1n) is 14.2. The van der Waals surface area contributed by atoms with E-state index in [1.807, 2.05) is 0 Å². The number of esters is 2. The highest BCUT2D eigenvalue weighted by atomic mass is 16.5. The van der Waals surface area contributed by atoms with E-state index in [1.54, 1.807) is 0 Å². The predicted octanol–water partition coefficient (Wildman–Crippen LogP) is 7.04. The molecule has 0 aliphatic heterocycles. The van der Waals surface area contributed by atoms with Crippen molar-refractivity contribution >= 4 is 17.9 Å². The summed E-state index contributed by atoms with van der Waals surface area (Å²) >= 11 is 0. The molecule has 0 radical (unpaired) electrons. The Hall–Kier alpha value is -2.37. The van der Waals surface area contributed by atoms with Crippen LogP contribution in [0.4, 0.5) is 0 Å². The van der Waals surface area contributed by atoms with Crippen molar-refractivity contribution in [3.8, 4) is 0 Å². The number of unbranched alkanes of at least 4 members (excludes halogenated alkanes) is 15. The van der Waals surface area contributed by atoms with Crippen LogP contribution in [0.15, 0.2) is 18.2 Å². The fraction of sp³-hybridized carbons (Fsp3) is 0.700. The van der Waals surface area contributed by atoms with Crippen LogP contribution in [0.2, 0.25) is 0 Å². The number of ether oxygens (including phenoxy) is 2. The van der Waals surface area contributed by atoms with Gasteiger partial charge in [0.1, 0.15) is 0 Å². The third kappa shape index (κ3) is 14.3. The Labute approximate surface area is 218 Å². The van der Waals surface area contributed by atoms with Crippen LogP contribution in [0.25, 0.3) is 0 Å². The Bertz CT molecular complexity index is 758. The van der Waals surface area contributed by atoms with Crippen molar-refractivity contribution in [1.29, 1.82) is 0 Å². The maximum atomic E-state index is 12.7. The third-order valence-corrected chi connectivity index (χ3v) is 6.41. The average molecular weight is 504 g/mol. The number of carboxylic acid groups (broad SMARTS) is 1. The summed E-state index contributed by atoms with van der Waals surface area (Å²) in [6.07, 6.45) is 19.5. The molecule has 0 bridgehead atoms. The van der Waals surface area contributed by atoms with Crippen LogP contribution in [0.3, 0.4) is 0 Å². The molecule has 0 saturated heterocycles. The van der Waals surface area contributed by atoms with Crippen LogP contribution < -0.4 is 5.11 Å². The molecule has 0 unspecified atom stereocenters. The van der Waals surface area contributed by atoms with E-state index in [0.29, 0.717) is 0 Å². The molecule has 1 aromatic rings. The maximum absolute atomic E-state index is 12.7. The summed E-state index contributed by atoms with van der Waals surface area (Å²) in [5, 5.41) is 11.3. The summed E-state index contributed by atoms with van der Waals surface area (Å²) in [5.74, 6) is -2.77. The van der Waals surface area contributed by atoms with Gasteiger partial charge in [-0.05, 0) is 30.5 Å². The molecule has 1 aromatic carbocycles. The first kappa shape index (κ1) is 31.7. The van der Waals surface area contributed by atoms with Gasteiger partial charge in [-0.1, -0.05) is 116 Å². The van der Waals surface area contributed by atoms with Gasteiger partial charge in [0.05, 0.1) is 30.3 Å². The van der Waals surface area contributed by atoms with Gasteiger partial charge in [0.15, 0.2) is 0 Å². The van der Waals surface area contributed by atoms with E-state index in [9.17, 15) is 19.5 Å². The molecule has 0 atom stereocenters. The fourth-order valence-corrected chi connectivity index (χ4v) is 4.15. The number of benzene rings is 1. The molecule has 0 aliphatic carbocycles. The van der Waals surface area contributed by atoms with Crippen LogP contribution >= 0.6 is 0 Å². The van der Waals surface area contributed by atoms with E-state index >= 15 is 0 Å². The summed E-state index contributed by atoms with van der Waals surface area (Å²) in [6.45, 7) is 4.89.